The first-order chi connectivity index (χ1) is 13.7. The Morgan fingerprint density at radius 2 is 1.68 bits per heavy atom. The van der Waals surface area contributed by atoms with Crippen LogP contribution in [0.15, 0.2) is 42.7 Å². The first-order valence-electron chi connectivity index (χ1n) is 9.62. The molecule has 0 radical (unpaired) electrons. The standard InChI is InChI=1S/C23H22N4O/c1-14-11-17(12-15(2)23(14)28-3)21-22(27-10-4-5-20(27)26-21)16-6-7-18-19(13-16)25-9-8-24-18/h6-9,11-13H,4-5,10H2,1-3H3. The van der Waals surface area contributed by atoms with E-state index in [1.165, 1.54) is 5.69 Å². The Bertz CT molecular complexity index is 1190. The van der Waals surface area contributed by atoms with Crippen LogP contribution in [0.4, 0.5) is 0 Å². The molecule has 0 amide bonds. The zero-order chi connectivity index (χ0) is 19.3. The maximum Gasteiger partial charge on any atom is 0.124 e. The van der Waals surface area contributed by atoms with Crippen LogP contribution in [-0.2, 0) is 13.0 Å². The summed E-state index contributed by atoms with van der Waals surface area (Å²) in [5.41, 5.74) is 8.53. The summed E-state index contributed by atoms with van der Waals surface area (Å²) in [5, 5.41) is 0. The van der Waals surface area contributed by atoms with Gasteiger partial charge in [0.1, 0.15) is 11.6 Å². The molecule has 5 heteroatoms. The molecule has 2 aromatic carbocycles. The molecule has 0 fully saturated rings. The van der Waals surface area contributed by atoms with Gasteiger partial charge in [-0.15, -0.1) is 0 Å². The largest absolute Gasteiger partial charge is 0.496 e. The van der Waals surface area contributed by atoms with Crippen molar-refractivity contribution in [2.75, 3.05) is 7.11 Å². The van der Waals surface area contributed by atoms with Gasteiger partial charge in [-0.3, -0.25) is 9.97 Å². The molecule has 5 nitrogen and oxygen atoms in total. The highest BCUT2D eigenvalue weighted by molar-refractivity contribution is 5.86. The van der Waals surface area contributed by atoms with Crippen LogP contribution in [0.3, 0.4) is 0 Å². The number of aromatic nitrogens is 4. The van der Waals surface area contributed by atoms with Crippen LogP contribution in [0.25, 0.3) is 33.5 Å². The van der Waals surface area contributed by atoms with Gasteiger partial charge < -0.3 is 9.30 Å². The van der Waals surface area contributed by atoms with E-state index in [1.807, 2.05) is 6.07 Å². The molecule has 0 saturated heterocycles. The highest BCUT2D eigenvalue weighted by atomic mass is 16.5. The summed E-state index contributed by atoms with van der Waals surface area (Å²) in [6.45, 7) is 5.18. The number of benzene rings is 2. The zero-order valence-electron chi connectivity index (χ0n) is 16.4. The van der Waals surface area contributed by atoms with Gasteiger partial charge in [0.05, 0.1) is 29.5 Å². The summed E-state index contributed by atoms with van der Waals surface area (Å²) in [7, 11) is 1.72. The minimum absolute atomic E-state index is 0.904. The fourth-order valence-corrected chi connectivity index (χ4v) is 4.34. The number of aryl methyl sites for hydroxylation is 3. The van der Waals surface area contributed by atoms with Crippen molar-refractivity contribution in [3.63, 3.8) is 0 Å². The summed E-state index contributed by atoms with van der Waals surface area (Å²) in [4.78, 5) is 13.9. The summed E-state index contributed by atoms with van der Waals surface area (Å²) in [5.74, 6) is 2.10. The fourth-order valence-electron chi connectivity index (χ4n) is 4.34. The molecule has 0 spiro atoms. The molecule has 28 heavy (non-hydrogen) atoms. The predicted octanol–water partition coefficient (Wildman–Crippen LogP) is 4.73. The van der Waals surface area contributed by atoms with E-state index in [-0.39, 0.29) is 0 Å². The van der Waals surface area contributed by atoms with Gasteiger partial charge in [0.2, 0.25) is 0 Å². The first-order valence-corrected chi connectivity index (χ1v) is 9.62. The highest BCUT2D eigenvalue weighted by Crippen LogP contribution is 2.38. The Hall–Kier alpha value is -3.21. The van der Waals surface area contributed by atoms with Crippen LogP contribution in [0.5, 0.6) is 5.75 Å². The van der Waals surface area contributed by atoms with E-state index in [1.54, 1.807) is 19.5 Å². The van der Waals surface area contributed by atoms with E-state index in [0.717, 1.165) is 69.9 Å². The number of ether oxygens (including phenoxy) is 1. The summed E-state index contributed by atoms with van der Waals surface area (Å²) in [6.07, 6.45) is 5.63. The van der Waals surface area contributed by atoms with Gasteiger partial charge >= 0.3 is 0 Å². The molecule has 0 saturated carbocycles. The monoisotopic (exact) mass is 370 g/mol. The summed E-state index contributed by atoms with van der Waals surface area (Å²) >= 11 is 0. The molecule has 4 aromatic rings. The third kappa shape index (κ3) is 2.58. The zero-order valence-corrected chi connectivity index (χ0v) is 16.4. The lowest BCUT2D eigenvalue weighted by Gasteiger charge is -2.13. The van der Waals surface area contributed by atoms with Crippen molar-refractivity contribution < 1.29 is 4.74 Å². The molecular formula is C23H22N4O. The fraction of sp³-hybridized carbons (Fsp3) is 0.261. The van der Waals surface area contributed by atoms with E-state index < -0.39 is 0 Å². The molecule has 140 valence electrons. The normalized spacial score (nSPS) is 13.1. The maximum absolute atomic E-state index is 5.55. The number of rotatable bonds is 3. The number of hydrogen-bond donors (Lipinski definition) is 0. The maximum atomic E-state index is 5.55. The SMILES string of the molecule is COc1c(C)cc(-c2nc3n(c2-c2ccc4nccnc4c2)CCC3)cc1C. The molecule has 0 aliphatic carbocycles. The Balaban J connectivity index is 1.74. The van der Waals surface area contributed by atoms with Gasteiger partial charge in [0, 0.05) is 36.5 Å². The quantitative estimate of drug-likeness (QED) is 0.523. The first kappa shape index (κ1) is 16.9. The summed E-state index contributed by atoms with van der Waals surface area (Å²) in [6, 6.07) is 10.6. The topological polar surface area (TPSA) is 52.8 Å². The second kappa shape index (κ2) is 6.44. The van der Waals surface area contributed by atoms with Crippen molar-refractivity contribution in [1.82, 2.24) is 19.5 Å². The Labute approximate surface area is 164 Å². The second-order valence-electron chi connectivity index (χ2n) is 7.38. The smallest absolute Gasteiger partial charge is 0.124 e. The van der Waals surface area contributed by atoms with Crippen LogP contribution < -0.4 is 4.74 Å². The van der Waals surface area contributed by atoms with Crippen molar-refractivity contribution in [3.8, 4) is 28.3 Å². The number of fused-ring (bicyclic) bond motifs is 2. The molecule has 2 aromatic heterocycles. The van der Waals surface area contributed by atoms with Gasteiger partial charge in [-0.25, -0.2) is 4.98 Å². The minimum atomic E-state index is 0.904. The van der Waals surface area contributed by atoms with Gasteiger partial charge in [0.25, 0.3) is 0 Å². The van der Waals surface area contributed by atoms with Crippen molar-refractivity contribution in [2.45, 2.75) is 33.2 Å². The lowest BCUT2D eigenvalue weighted by atomic mass is 9.99. The van der Waals surface area contributed by atoms with E-state index in [4.69, 9.17) is 9.72 Å². The van der Waals surface area contributed by atoms with Gasteiger partial charge in [0.15, 0.2) is 0 Å². The predicted molar refractivity (Wildman–Crippen MR) is 111 cm³/mol. The second-order valence-corrected chi connectivity index (χ2v) is 7.38. The van der Waals surface area contributed by atoms with Gasteiger partial charge in [-0.1, -0.05) is 6.07 Å². The number of nitrogens with zero attached hydrogens (tertiary/aromatic N) is 4. The minimum Gasteiger partial charge on any atom is -0.496 e. The lowest BCUT2D eigenvalue weighted by Crippen LogP contribution is -1.97. The van der Waals surface area contributed by atoms with Crippen LogP contribution in [-0.4, -0.2) is 26.6 Å². The molecule has 3 heterocycles. The molecule has 5 rings (SSSR count). The lowest BCUT2D eigenvalue weighted by molar-refractivity contribution is 0.408. The van der Waals surface area contributed by atoms with Crippen molar-refractivity contribution in [3.05, 3.63) is 59.7 Å². The molecule has 0 bridgehead atoms. The van der Waals surface area contributed by atoms with Crippen molar-refractivity contribution >= 4 is 11.0 Å². The van der Waals surface area contributed by atoms with Gasteiger partial charge in [-0.05, 0) is 55.7 Å². The third-order valence-corrected chi connectivity index (χ3v) is 5.51. The van der Waals surface area contributed by atoms with E-state index in [9.17, 15) is 0 Å². The summed E-state index contributed by atoms with van der Waals surface area (Å²) < 4.78 is 7.91. The van der Waals surface area contributed by atoms with Crippen LogP contribution in [0, 0.1) is 13.8 Å². The average Bonchev–Trinajstić information content (AvgIpc) is 3.28. The average molecular weight is 370 g/mol. The van der Waals surface area contributed by atoms with E-state index in [2.05, 4.69) is 52.6 Å². The number of imidazole rings is 1. The van der Waals surface area contributed by atoms with Crippen molar-refractivity contribution in [2.24, 2.45) is 0 Å². The highest BCUT2D eigenvalue weighted by Gasteiger charge is 2.24. The molecule has 0 N–H and O–H groups in total. The Morgan fingerprint density at radius 1 is 0.929 bits per heavy atom. The van der Waals surface area contributed by atoms with Crippen LogP contribution in [0.1, 0.15) is 23.4 Å². The molecule has 1 aliphatic heterocycles. The molecular weight excluding hydrogens is 348 g/mol. The Morgan fingerprint density at radius 3 is 2.43 bits per heavy atom. The van der Waals surface area contributed by atoms with Crippen molar-refractivity contribution in [1.29, 1.82) is 0 Å². The van der Waals surface area contributed by atoms with E-state index >= 15 is 0 Å². The number of methoxy groups -OCH3 is 1. The van der Waals surface area contributed by atoms with Crippen LogP contribution >= 0.6 is 0 Å². The van der Waals surface area contributed by atoms with Crippen LogP contribution in [0.2, 0.25) is 0 Å². The molecule has 0 atom stereocenters. The van der Waals surface area contributed by atoms with E-state index in [0.29, 0.717) is 0 Å². The number of hydrogen-bond acceptors (Lipinski definition) is 4. The molecule has 0 unspecified atom stereocenters. The van der Waals surface area contributed by atoms with Gasteiger partial charge in [-0.2, -0.15) is 0 Å². The molecule has 1 aliphatic rings. The third-order valence-electron chi connectivity index (χ3n) is 5.51. The Kier molecular flexibility index (Phi) is 3.90.